The standard InChI is InChI=1S/C13H16O4/c1-9-6-4-5-7-10(9)11(14)8-12(15)13(16-2)17-3/h4-7,13H,8H2,1-3H3. The van der Waals surface area contributed by atoms with Gasteiger partial charge in [-0.25, -0.2) is 0 Å². The molecule has 17 heavy (non-hydrogen) atoms. The van der Waals surface area contributed by atoms with Gasteiger partial charge < -0.3 is 9.47 Å². The molecule has 0 aliphatic carbocycles. The fourth-order valence-corrected chi connectivity index (χ4v) is 1.58. The number of ether oxygens (including phenoxy) is 2. The minimum atomic E-state index is -0.969. The van der Waals surface area contributed by atoms with Gasteiger partial charge >= 0.3 is 0 Å². The second kappa shape index (κ2) is 6.27. The first kappa shape index (κ1) is 13.5. The van der Waals surface area contributed by atoms with E-state index in [1.165, 1.54) is 14.2 Å². The Bertz CT molecular complexity index is 408. The van der Waals surface area contributed by atoms with E-state index in [-0.39, 0.29) is 18.0 Å². The summed E-state index contributed by atoms with van der Waals surface area (Å²) in [5.41, 5.74) is 1.42. The highest BCUT2D eigenvalue weighted by Gasteiger charge is 2.21. The van der Waals surface area contributed by atoms with Crippen molar-refractivity contribution in [2.45, 2.75) is 19.6 Å². The van der Waals surface area contributed by atoms with Crippen LogP contribution in [-0.2, 0) is 14.3 Å². The van der Waals surface area contributed by atoms with Gasteiger partial charge in [0.25, 0.3) is 0 Å². The van der Waals surface area contributed by atoms with Crippen LogP contribution in [0.4, 0.5) is 0 Å². The quantitative estimate of drug-likeness (QED) is 0.429. The van der Waals surface area contributed by atoms with Crippen LogP contribution in [0.15, 0.2) is 24.3 Å². The largest absolute Gasteiger partial charge is 0.349 e. The predicted molar refractivity (Wildman–Crippen MR) is 62.9 cm³/mol. The Morgan fingerprint density at radius 2 is 1.76 bits per heavy atom. The van der Waals surface area contributed by atoms with Crippen molar-refractivity contribution in [1.82, 2.24) is 0 Å². The van der Waals surface area contributed by atoms with Crippen molar-refractivity contribution in [3.05, 3.63) is 35.4 Å². The summed E-state index contributed by atoms with van der Waals surface area (Å²) in [6, 6.07) is 7.16. The van der Waals surface area contributed by atoms with Crippen LogP contribution in [0.25, 0.3) is 0 Å². The topological polar surface area (TPSA) is 52.6 Å². The van der Waals surface area contributed by atoms with Crippen molar-refractivity contribution in [2.75, 3.05) is 14.2 Å². The van der Waals surface area contributed by atoms with Gasteiger partial charge in [0.1, 0.15) is 0 Å². The number of hydrogen-bond donors (Lipinski definition) is 0. The molecule has 92 valence electrons. The molecule has 1 rings (SSSR count). The van der Waals surface area contributed by atoms with Crippen LogP contribution in [0, 0.1) is 6.92 Å². The number of hydrogen-bond acceptors (Lipinski definition) is 4. The number of Topliss-reactive ketones (excluding diaryl/α,β-unsaturated/α-hetero) is 2. The van der Waals surface area contributed by atoms with Crippen molar-refractivity contribution >= 4 is 11.6 Å². The molecule has 0 aromatic heterocycles. The van der Waals surface area contributed by atoms with E-state index in [1.54, 1.807) is 12.1 Å². The van der Waals surface area contributed by atoms with Gasteiger partial charge in [-0.3, -0.25) is 9.59 Å². The van der Waals surface area contributed by atoms with E-state index in [4.69, 9.17) is 9.47 Å². The number of benzene rings is 1. The zero-order valence-corrected chi connectivity index (χ0v) is 10.2. The zero-order valence-electron chi connectivity index (χ0n) is 10.2. The van der Waals surface area contributed by atoms with Crippen molar-refractivity contribution < 1.29 is 19.1 Å². The maximum atomic E-state index is 11.9. The summed E-state index contributed by atoms with van der Waals surface area (Å²) in [7, 11) is 2.73. The molecular formula is C13H16O4. The third kappa shape index (κ3) is 3.47. The number of aryl methyl sites for hydroxylation is 1. The number of carbonyl (C=O) groups is 2. The average Bonchev–Trinajstić information content (AvgIpc) is 2.31. The number of ketones is 2. The SMILES string of the molecule is COC(OC)C(=O)CC(=O)c1ccccc1C. The minimum absolute atomic E-state index is 0.211. The van der Waals surface area contributed by atoms with Gasteiger partial charge in [-0.2, -0.15) is 0 Å². The first-order valence-corrected chi connectivity index (χ1v) is 5.27. The van der Waals surface area contributed by atoms with Crippen LogP contribution in [-0.4, -0.2) is 32.1 Å². The predicted octanol–water partition coefficient (Wildman–Crippen LogP) is 1.76. The summed E-state index contributed by atoms with van der Waals surface area (Å²) in [5.74, 6) is -0.588. The molecular weight excluding hydrogens is 220 g/mol. The Morgan fingerprint density at radius 1 is 1.18 bits per heavy atom. The van der Waals surface area contributed by atoms with E-state index < -0.39 is 6.29 Å². The van der Waals surface area contributed by atoms with Crippen LogP contribution in [0.1, 0.15) is 22.3 Å². The molecule has 4 nitrogen and oxygen atoms in total. The molecule has 0 radical (unpaired) electrons. The van der Waals surface area contributed by atoms with E-state index >= 15 is 0 Å². The molecule has 0 N–H and O–H groups in total. The lowest BCUT2D eigenvalue weighted by atomic mass is 10.0. The highest BCUT2D eigenvalue weighted by Crippen LogP contribution is 2.11. The molecule has 0 spiro atoms. The van der Waals surface area contributed by atoms with Crippen LogP contribution < -0.4 is 0 Å². The minimum Gasteiger partial charge on any atom is -0.349 e. The average molecular weight is 236 g/mol. The second-order valence-corrected chi connectivity index (χ2v) is 3.68. The maximum Gasteiger partial charge on any atom is 0.217 e. The molecule has 1 aromatic carbocycles. The molecule has 0 aliphatic heterocycles. The third-order valence-corrected chi connectivity index (χ3v) is 2.47. The molecule has 0 saturated carbocycles. The molecule has 1 aromatic rings. The van der Waals surface area contributed by atoms with Crippen LogP contribution >= 0.6 is 0 Å². The number of rotatable bonds is 6. The van der Waals surface area contributed by atoms with Crippen LogP contribution in [0.3, 0.4) is 0 Å². The Balaban J connectivity index is 2.73. The van der Waals surface area contributed by atoms with Crippen molar-refractivity contribution in [3.8, 4) is 0 Å². The maximum absolute atomic E-state index is 11.9. The van der Waals surface area contributed by atoms with E-state index in [2.05, 4.69) is 0 Å². The lowest BCUT2D eigenvalue weighted by molar-refractivity contribution is -0.155. The fraction of sp³-hybridized carbons (Fsp3) is 0.385. The Hall–Kier alpha value is -1.52. The lowest BCUT2D eigenvalue weighted by Gasteiger charge is -2.11. The Morgan fingerprint density at radius 3 is 2.29 bits per heavy atom. The summed E-state index contributed by atoms with van der Waals surface area (Å²) in [6.45, 7) is 1.84. The molecule has 0 unspecified atom stereocenters. The van der Waals surface area contributed by atoms with Gasteiger partial charge in [0.15, 0.2) is 11.6 Å². The summed E-state index contributed by atoms with van der Waals surface area (Å²) in [6.07, 6.45) is -1.18. The summed E-state index contributed by atoms with van der Waals surface area (Å²) < 4.78 is 9.61. The Labute approximate surface area is 101 Å². The van der Waals surface area contributed by atoms with Crippen molar-refractivity contribution in [1.29, 1.82) is 0 Å². The van der Waals surface area contributed by atoms with Gasteiger partial charge in [0, 0.05) is 19.8 Å². The van der Waals surface area contributed by atoms with Gasteiger partial charge in [-0.05, 0) is 12.5 Å². The first-order chi connectivity index (χ1) is 8.10. The van der Waals surface area contributed by atoms with Gasteiger partial charge in [-0.15, -0.1) is 0 Å². The summed E-state index contributed by atoms with van der Waals surface area (Å²) in [4.78, 5) is 23.5. The van der Waals surface area contributed by atoms with E-state index in [9.17, 15) is 9.59 Å². The smallest absolute Gasteiger partial charge is 0.217 e. The van der Waals surface area contributed by atoms with E-state index in [0.29, 0.717) is 5.56 Å². The molecule has 0 atom stereocenters. The third-order valence-electron chi connectivity index (χ3n) is 2.47. The molecule has 0 heterocycles. The first-order valence-electron chi connectivity index (χ1n) is 5.27. The highest BCUT2D eigenvalue weighted by atomic mass is 16.7. The molecule has 0 fully saturated rings. The number of carbonyl (C=O) groups excluding carboxylic acids is 2. The van der Waals surface area contributed by atoms with Crippen molar-refractivity contribution in [3.63, 3.8) is 0 Å². The monoisotopic (exact) mass is 236 g/mol. The van der Waals surface area contributed by atoms with Gasteiger partial charge in [-0.1, -0.05) is 24.3 Å². The Kier molecular flexibility index (Phi) is 5.00. The zero-order chi connectivity index (χ0) is 12.8. The number of methoxy groups -OCH3 is 2. The second-order valence-electron chi connectivity index (χ2n) is 3.68. The molecule has 0 aliphatic rings. The van der Waals surface area contributed by atoms with Gasteiger partial charge in [0.2, 0.25) is 6.29 Å². The van der Waals surface area contributed by atoms with Gasteiger partial charge in [0.05, 0.1) is 6.42 Å². The normalized spacial score (nSPS) is 10.6. The van der Waals surface area contributed by atoms with Crippen molar-refractivity contribution in [2.24, 2.45) is 0 Å². The van der Waals surface area contributed by atoms with Crippen LogP contribution in [0.2, 0.25) is 0 Å². The summed E-state index contributed by atoms with van der Waals surface area (Å²) in [5, 5.41) is 0. The molecule has 4 heteroatoms. The van der Waals surface area contributed by atoms with Crippen LogP contribution in [0.5, 0.6) is 0 Å². The molecule has 0 amide bonds. The molecule has 0 saturated heterocycles. The van der Waals surface area contributed by atoms with E-state index in [0.717, 1.165) is 5.56 Å². The van der Waals surface area contributed by atoms with E-state index in [1.807, 2.05) is 19.1 Å². The molecule has 0 bridgehead atoms. The highest BCUT2D eigenvalue weighted by molar-refractivity contribution is 6.09. The lowest BCUT2D eigenvalue weighted by Crippen LogP contribution is -2.27. The summed E-state index contributed by atoms with van der Waals surface area (Å²) >= 11 is 0. The fourth-order valence-electron chi connectivity index (χ4n) is 1.58.